The second-order valence-electron chi connectivity index (χ2n) is 11.6. The maximum absolute atomic E-state index is 13.8. The van der Waals surface area contributed by atoms with E-state index in [1.807, 2.05) is 67.7 Å². The Hall–Kier alpha value is -5.20. The summed E-state index contributed by atoms with van der Waals surface area (Å²) in [6, 6.07) is 20.3. The van der Waals surface area contributed by atoms with Crippen LogP contribution in [0.3, 0.4) is 0 Å². The first-order valence-electron chi connectivity index (χ1n) is 16.0. The molecule has 11 nitrogen and oxygen atoms in total. The first-order chi connectivity index (χ1) is 23.9. The summed E-state index contributed by atoms with van der Waals surface area (Å²) in [4.78, 5) is 18.6. The summed E-state index contributed by atoms with van der Waals surface area (Å²) in [7, 11) is 3.30. The van der Waals surface area contributed by atoms with Crippen molar-refractivity contribution in [3.63, 3.8) is 0 Å². The molecule has 0 amide bonds. The summed E-state index contributed by atoms with van der Waals surface area (Å²) in [5.41, 5.74) is 4.79. The van der Waals surface area contributed by atoms with Gasteiger partial charge in [0.2, 0.25) is 11.9 Å². The van der Waals surface area contributed by atoms with Gasteiger partial charge >= 0.3 is 0 Å². The van der Waals surface area contributed by atoms with Crippen LogP contribution in [0.15, 0.2) is 79.0 Å². The molecule has 2 aromatic heterocycles. The highest BCUT2D eigenvalue weighted by Crippen LogP contribution is 2.23. The molecule has 6 rings (SSSR count). The Morgan fingerprint density at radius 1 is 0.816 bits per heavy atom. The molecule has 0 atom stereocenters. The van der Waals surface area contributed by atoms with Crippen molar-refractivity contribution in [1.29, 1.82) is 0 Å². The van der Waals surface area contributed by atoms with Gasteiger partial charge in [-0.3, -0.25) is 4.90 Å². The molecule has 0 radical (unpaired) electrons. The van der Waals surface area contributed by atoms with Crippen molar-refractivity contribution in [2.45, 2.75) is 20.0 Å². The van der Waals surface area contributed by atoms with Gasteiger partial charge in [0.25, 0.3) is 5.95 Å². The van der Waals surface area contributed by atoms with E-state index in [0.29, 0.717) is 36.0 Å². The zero-order valence-electron chi connectivity index (χ0n) is 27.7. The number of halogens is 2. The summed E-state index contributed by atoms with van der Waals surface area (Å²) in [6.07, 6.45) is 6.03. The van der Waals surface area contributed by atoms with Crippen LogP contribution in [-0.4, -0.2) is 76.6 Å². The van der Waals surface area contributed by atoms with E-state index in [-0.39, 0.29) is 5.82 Å². The monoisotopic (exact) mass is 683 g/mol. The Morgan fingerprint density at radius 3 is 1.96 bits per heavy atom. The fourth-order valence-electron chi connectivity index (χ4n) is 5.49. The molecule has 49 heavy (non-hydrogen) atoms. The van der Waals surface area contributed by atoms with E-state index in [0.717, 1.165) is 72.3 Å². The fraction of sp³-hybridized carbons (Fsp3) is 0.278. The number of hydrogen-bond acceptors (Lipinski definition) is 10. The van der Waals surface area contributed by atoms with Gasteiger partial charge in [-0.1, -0.05) is 48.0 Å². The highest BCUT2D eigenvalue weighted by Gasteiger charge is 2.18. The summed E-state index contributed by atoms with van der Waals surface area (Å²) in [5, 5.41) is 11.7. The second-order valence-corrected chi connectivity index (χ2v) is 12.0. The molecule has 0 aliphatic carbocycles. The number of benzene rings is 3. The highest BCUT2D eigenvalue weighted by molar-refractivity contribution is 6.30. The van der Waals surface area contributed by atoms with Crippen molar-refractivity contribution in [2.24, 2.45) is 0 Å². The zero-order chi connectivity index (χ0) is 34.2. The molecule has 0 unspecified atom stereocenters. The van der Waals surface area contributed by atoms with Crippen molar-refractivity contribution in [3.8, 4) is 17.4 Å². The lowest BCUT2D eigenvalue weighted by Crippen LogP contribution is -2.46. The number of methoxy groups -OCH3 is 2. The Labute approximate surface area is 290 Å². The molecule has 13 heteroatoms. The molecule has 0 saturated carbocycles. The Balaban J connectivity index is 1.13. The minimum absolute atomic E-state index is 0.317. The number of anilines is 3. The van der Waals surface area contributed by atoms with Crippen LogP contribution in [0.2, 0.25) is 5.02 Å². The van der Waals surface area contributed by atoms with E-state index in [1.54, 1.807) is 18.9 Å². The highest BCUT2D eigenvalue weighted by atomic mass is 35.5. The van der Waals surface area contributed by atoms with Gasteiger partial charge in [-0.15, -0.1) is 0 Å². The smallest absolute Gasteiger partial charge is 0.257 e. The standard InChI is InChI=1S/C36H39ClFN9O2/c1-25-28(5-4-14-45-15-17-46(18-16-45)31-20-29(37)19-30(38)21-31)24-41-47(25)36-43-34(39-22-26-6-10-32(48-2)11-7-26)42-35(44-36)40-23-27-8-12-33(49-3)13-9-27/h4-13,19-21,24H,14-18,22-23H2,1-3H3,(H2,39,40,42,43,44). The van der Waals surface area contributed by atoms with Crippen LogP contribution in [-0.2, 0) is 13.1 Å². The summed E-state index contributed by atoms with van der Waals surface area (Å²) < 4.78 is 26.1. The number of nitrogens with one attached hydrogen (secondary N) is 2. The van der Waals surface area contributed by atoms with Crippen LogP contribution in [0.4, 0.5) is 22.0 Å². The molecule has 0 bridgehead atoms. The first kappa shape index (κ1) is 33.7. The van der Waals surface area contributed by atoms with Crippen molar-refractivity contribution in [3.05, 3.63) is 112 Å². The lowest BCUT2D eigenvalue weighted by Gasteiger charge is -2.35. The van der Waals surface area contributed by atoms with Crippen LogP contribution in [0.25, 0.3) is 12.0 Å². The van der Waals surface area contributed by atoms with E-state index in [9.17, 15) is 4.39 Å². The minimum Gasteiger partial charge on any atom is -0.497 e. The molecular weight excluding hydrogens is 645 g/mol. The zero-order valence-corrected chi connectivity index (χ0v) is 28.5. The average Bonchev–Trinajstić information content (AvgIpc) is 3.49. The molecule has 2 N–H and O–H groups in total. The minimum atomic E-state index is -0.317. The number of rotatable bonds is 13. The Kier molecular flexibility index (Phi) is 10.9. The van der Waals surface area contributed by atoms with Crippen LogP contribution >= 0.6 is 11.6 Å². The van der Waals surface area contributed by atoms with Crippen LogP contribution in [0.1, 0.15) is 22.4 Å². The number of piperazine rings is 1. The fourth-order valence-corrected chi connectivity index (χ4v) is 5.71. The van der Waals surface area contributed by atoms with Crippen LogP contribution < -0.4 is 25.0 Å². The summed E-state index contributed by atoms with van der Waals surface area (Å²) in [6.45, 7) is 7.13. The number of hydrogen-bond donors (Lipinski definition) is 2. The van der Waals surface area contributed by atoms with E-state index in [4.69, 9.17) is 31.0 Å². The second kappa shape index (κ2) is 15.8. The van der Waals surface area contributed by atoms with Crippen molar-refractivity contribution < 1.29 is 13.9 Å². The van der Waals surface area contributed by atoms with Gasteiger partial charge in [-0.25, -0.2) is 9.07 Å². The number of ether oxygens (including phenoxy) is 2. The summed E-state index contributed by atoms with van der Waals surface area (Å²) >= 11 is 6.07. The van der Waals surface area contributed by atoms with Gasteiger partial charge in [-0.2, -0.15) is 20.1 Å². The number of aromatic nitrogens is 5. The molecule has 3 aromatic carbocycles. The molecule has 1 saturated heterocycles. The van der Waals surface area contributed by atoms with E-state index in [2.05, 4.69) is 42.7 Å². The molecule has 1 aliphatic rings. The van der Waals surface area contributed by atoms with Crippen molar-refractivity contribution in [1.82, 2.24) is 29.6 Å². The molecule has 3 heterocycles. The van der Waals surface area contributed by atoms with Gasteiger partial charge in [-0.05, 0) is 60.5 Å². The quantitative estimate of drug-likeness (QED) is 0.148. The lowest BCUT2D eigenvalue weighted by atomic mass is 10.2. The summed E-state index contributed by atoms with van der Waals surface area (Å²) in [5.74, 6) is 2.52. The van der Waals surface area contributed by atoms with Crippen LogP contribution in [0.5, 0.6) is 11.5 Å². The van der Waals surface area contributed by atoms with Gasteiger partial charge in [0, 0.05) is 62.1 Å². The molecule has 1 aliphatic heterocycles. The third kappa shape index (κ3) is 8.84. The largest absolute Gasteiger partial charge is 0.497 e. The number of nitrogens with zero attached hydrogens (tertiary/aromatic N) is 7. The van der Waals surface area contributed by atoms with Gasteiger partial charge in [0.1, 0.15) is 17.3 Å². The van der Waals surface area contributed by atoms with E-state index in [1.165, 1.54) is 12.1 Å². The molecule has 254 valence electrons. The van der Waals surface area contributed by atoms with Crippen molar-refractivity contribution >= 4 is 35.3 Å². The Morgan fingerprint density at radius 2 is 1.41 bits per heavy atom. The van der Waals surface area contributed by atoms with E-state index < -0.39 is 0 Å². The Bertz CT molecular complexity index is 1790. The van der Waals surface area contributed by atoms with Crippen molar-refractivity contribution in [2.75, 3.05) is 62.5 Å². The van der Waals surface area contributed by atoms with Gasteiger partial charge in [0.05, 0.1) is 26.1 Å². The third-order valence-corrected chi connectivity index (χ3v) is 8.54. The van der Waals surface area contributed by atoms with Crippen LogP contribution in [0, 0.1) is 12.7 Å². The topological polar surface area (TPSA) is 105 Å². The maximum atomic E-state index is 13.8. The van der Waals surface area contributed by atoms with Gasteiger partial charge < -0.3 is 25.0 Å². The normalized spacial score (nSPS) is 13.5. The maximum Gasteiger partial charge on any atom is 0.257 e. The molecule has 0 spiro atoms. The molecule has 5 aromatic rings. The first-order valence-corrected chi connectivity index (χ1v) is 16.4. The average molecular weight is 684 g/mol. The SMILES string of the molecule is COc1ccc(CNc2nc(NCc3ccc(OC)cc3)nc(-n3ncc(C=CCN4CCN(c5cc(F)cc(Cl)c5)CC4)c3C)n2)cc1. The molecule has 1 fully saturated rings. The predicted octanol–water partition coefficient (Wildman–Crippen LogP) is 6.24. The van der Waals surface area contributed by atoms with Gasteiger partial charge in [0.15, 0.2) is 0 Å². The molecular formula is C36H39ClFN9O2. The predicted molar refractivity (Wildman–Crippen MR) is 191 cm³/mol. The third-order valence-electron chi connectivity index (χ3n) is 8.33. The lowest BCUT2D eigenvalue weighted by molar-refractivity contribution is 0.284. The van der Waals surface area contributed by atoms with E-state index >= 15 is 0 Å².